The second-order valence-corrected chi connectivity index (χ2v) is 17.0. The Bertz CT molecular complexity index is 1090. The van der Waals surface area contributed by atoms with Crippen LogP contribution in [0.2, 0.25) is 18.1 Å². The predicted octanol–water partition coefficient (Wildman–Crippen LogP) is 7.00. The maximum atomic E-state index is 12.9. The van der Waals surface area contributed by atoms with E-state index in [0.717, 1.165) is 30.6 Å². The smallest absolute Gasteiger partial charge is 0.305 e. The van der Waals surface area contributed by atoms with Crippen LogP contribution in [-0.4, -0.2) is 38.9 Å². The monoisotopic (exact) mass is 538 g/mol. The molecule has 0 spiro atoms. The van der Waals surface area contributed by atoms with Crippen LogP contribution in [0.5, 0.6) is 5.75 Å². The van der Waals surface area contributed by atoms with Crippen molar-refractivity contribution < 1.29 is 23.5 Å². The molecule has 5 nitrogen and oxygen atoms in total. The zero-order valence-corrected chi connectivity index (χ0v) is 25.6. The third-order valence-electron chi connectivity index (χ3n) is 8.40. The number of esters is 1. The van der Waals surface area contributed by atoms with Crippen molar-refractivity contribution in [1.82, 2.24) is 0 Å². The topological polar surface area (TPSA) is 61.8 Å². The van der Waals surface area contributed by atoms with Gasteiger partial charge in [-0.25, -0.2) is 0 Å². The molecular formula is C32H46O5Si. The minimum atomic E-state index is -2.03. The molecular weight excluding hydrogens is 492 g/mol. The standard InChI is InChI=1S/C32H46O5Si/c1-9-11-14-22(3)26(33)20-19-24-27(37-38(7,8)32(4,5)6)21-28-30(24)25-17-12-15-23(31(25)36-28)16-13-18-29(34)35-10-2/h12,15,17,19-20,22,24,27-28,30H,10,13-14,16,18,21H2,1-8H3/b20-19+/t22-,24-,27?,28-,30-/m0/s1. The van der Waals surface area contributed by atoms with Crippen LogP contribution in [0, 0.1) is 23.7 Å². The Morgan fingerprint density at radius 1 is 1.26 bits per heavy atom. The second kappa shape index (κ2) is 12.7. The maximum Gasteiger partial charge on any atom is 0.305 e. The second-order valence-electron chi connectivity index (χ2n) is 12.2. The maximum absolute atomic E-state index is 12.9. The van der Waals surface area contributed by atoms with Crippen molar-refractivity contribution >= 4 is 20.1 Å². The number of fused-ring (bicyclic) bond motifs is 3. The van der Waals surface area contributed by atoms with Gasteiger partial charge in [-0.05, 0) is 56.5 Å². The Morgan fingerprint density at radius 2 is 2.00 bits per heavy atom. The molecule has 1 aromatic rings. The van der Waals surface area contributed by atoms with Crippen LogP contribution in [0.25, 0.3) is 0 Å². The molecule has 1 fully saturated rings. The Kier molecular flexibility index (Phi) is 10.1. The van der Waals surface area contributed by atoms with Crippen LogP contribution in [0.4, 0.5) is 0 Å². The van der Waals surface area contributed by atoms with E-state index in [9.17, 15) is 9.59 Å². The molecule has 1 saturated carbocycles. The van der Waals surface area contributed by atoms with Gasteiger partial charge in [-0.15, -0.1) is 11.8 Å². The zero-order chi connectivity index (χ0) is 28.1. The first-order valence-corrected chi connectivity index (χ1v) is 17.0. The highest BCUT2D eigenvalue weighted by Gasteiger charge is 2.52. The first kappa shape index (κ1) is 30.2. The molecule has 1 unspecified atom stereocenters. The summed E-state index contributed by atoms with van der Waals surface area (Å²) in [6.45, 7) is 17.3. The molecule has 38 heavy (non-hydrogen) atoms. The van der Waals surface area contributed by atoms with Crippen LogP contribution >= 0.6 is 0 Å². The molecule has 0 bridgehead atoms. The van der Waals surface area contributed by atoms with Gasteiger partial charge in [0.05, 0.1) is 12.7 Å². The summed E-state index contributed by atoms with van der Waals surface area (Å²) in [6.07, 6.45) is 7.13. The van der Waals surface area contributed by atoms with Gasteiger partial charge in [0.25, 0.3) is 0 Å². The van der Waals surface area contributed by atoms with E-state index in [1.54, 1.807) is 13.0 Å². The number of carbonyl (C=O) groups is 2. The average molecular weight is 539 g/mol. The van der Waals surface area contributed by atoms with Crippen molar-refractivity contribution in [3.05, 3.63) is 41.5 Å². The van der Waals surface area contributed by atoms with Gasteiger partial charge >= 0.3 is 5.97 Å². The summed E-state index contributed by atoms with van der Waals surface area (Å²) >= 11 is 0. The Balaban J connectivity index is 1.87. The average Bonchev–Trinajstić information content (AvgIpc) is 3.36. The molecule has 2 aliphatic rings. The molecule has 5 atom stereocenters. The lowest BCUT2D eigenvalue weighted by Crippen LogP contribution is -2.45. The SMILES string of the molecule is CC#CC[C@H](C)C(=O)/C=C/[C@H]1C(O[Si](C)(C)C(C)(C)C)C[C@@H]2Oc3c(CCCC(=O)OCC)cccc3[C@@H]21. The van der Waals surface area contributed by atoms with Crippen molar-refractivity contribution in [2.24, 2.45) is 11.8 Å². The normalized spacial score (nSPS) is 23.3. The molecule has 0 saturated heterocycles. The fraction of sp³-hybridized carbons (Fsp3) is 0.625. The summed E-state index contributed by atoms with van der Waals surface area (Å²) in [4.78, 5) is 24.7. The summed E-state index contributed by atoms with van der Waals surface area (Å²) in [5.74, 6) is 6.88. The van der Waals surface area contributed by atoms with Gasteiger partial charge in [0, 0.05) is 42.6 Å². The highest BCUT2D eigenvalue weighted by atomic mass is 28.4. The van der Waals surface area contributed by atoms with Gasteiger partial charge in [-0.1, -0.05) is 52.0 Å². The summed E-state index contributed by atoms with van der Waals surface area (Å²) < 4.78 is 18.7. The molecule has 1 heterocycles. The minimum absolute atomic E-state index is 0.00121. The molecule has 0 aromatic heterocycles. The minimum Gasteiger partial charge on any atom is -0.489 e. The lowest BCUT2D eigenvalue weighted by molar-refractivity contribution is -0.143. The van der Waals surface area contributed by atoms with E-state index < -0.39 is 8.32 Å². The lowest BCUT2D eigenvalue weighted by atomic mass is 9.86. The number of benzene rings is 1. The number of hydrogen-bond acceptors (Lipinski definition) is 5. The first-order valence-electron chi connectivity index (χ1n) is 14.1. The number of ether oxygens (including phenoxy) is 2. The number of ketones is 1. The van der Waals surface area contributed by atoms with Crippen LogP contribution in [0.3, 0.4) is 0 Å². The van der Waals surface area contributed by atoms with Gasteiger partial charge in [-0.3, -0.25) is 9.59 Å². The third kappa shape index (κ3) is 6.98. The Hall–Kier alpha value is -2.36. The lowest BCUT2D eigenvalue weighted by Gasteiger charge is -2.40. The van der Waals surface area contributed by atoms with E-state index >= 15 is 0 Å². The molecule has 1 aromatic carbocycles. The molecule has 0 N–H and O–H groups in total. The van der Waals surface area contributed by atoms with Crippen molar-refractivity contribution in [3.8, 4) is 17.6 Å². The van der Waals surface area contributed by atoms with Crippen molar-refractivity contribution in [3.63, 3.8) is 0 Å². The third-order valence-corrected chi connectivity index (χ3v) is 12.9. The fourth-order valence-electron chi connectivity index (χ4n) is 5.21. The van der Waals surface area contributed by atoms with Crippen molar-refractivity contribution in [2.75, 3.05) is 6.61 Å². The van der Waals surface area contributed by atoms with Crippen LogP contribution in [-0.2, 0) is 25.2 Å². The molecule has 208 valence electrons. The van der Waals surface area contributed by atoms with Crippen molar-refractivity contribution in [2.45, 2.75) is 110 Å². The number of hydrogen-bond donors (Lipinski definition) is 0. The van der Waals surface area contributed by atoms with Crippen molar-refractivity contribution in [1.29, 1.82) is 0 Å². The van der Waals surface area contributed by atoms with E-state index in [0.29, 0.717) is 19.4 Å². The Morgan fingerprint density at radius 3 is 2.66 bits per heavy atom. The summed E-state index contributed by atoms with van der Waals surface area (Å²) in [5.41, 5.74) is 2.32. The van der Waals surface area contributed by atoms with Crippen LogP contribution in [0.1, 0.15) is 84.3 Å². The summed E-state index contributed by atoms with van der Waals surface area (Å²) in [7, 11) is -2.03. The zero-order valence-electron chi connectivity index (χ0n) is 24.6. The first-order chi connectivity index (χ1) is 17.9. The molecule has 6 heteroatoms. The molecule has 3 rings (SSSR count). The predicted molar refractivity (Wildman–Crippen MR) is 155 cm³/mol. The Labute approximate surface area is 230 Å². The van der Waals surface area contributed by atoms with Gasteiger partial charge in [0.15, 0.2) is 14.1 Å². The quantitative estimate of drug-likeness (QED) is 0.131. The van der Waals surface area contributed by atoms with Gasteiger partial charge < -0.3 is 13.9 Å². The van der Waals surface area contributed by atoms with Crippen LogP contribution in [0.15, 0.2) is 30.4 Å². The number of para-hydroxylation sites is 1. The van der Waals surface area contributed by atoms with Crippen LogP contribution < -0.4 is 4.74 Å². The highest BCUT2D eigenvalue weighted by Crippen LogP contribution is 2.54. The van der Waals surface area contributed by atoms with E-state index in [1.165, 1.54) is 5.56 Å². The van der Waals surface area contributed by atoms with Gasteiger partial charge in [0.1, 0.15) is 11.9 Å². The largest absolute Gasteiger partial charge is 0.489 e. The molecule has 0 radical (unpaired) electrons. The molecule has 1 aliphatic carbocycles. The number of carbonyl (C=O) groups excluding carboxylic acids is 2. The van der Waals surface area contributed by atoms with E-state index in [-0.39, 0.29) is 46.8 Å². The fourth-order valence-corrected chi connectivity index (χ4v) is 6.57. The number of aryl methyl sites for hydroxylation is 1. The molecule has 0 amide bonds. The molecule has 1 aliphatic heterocycles. The van der Waals surface area contributed by atoms with E-state index in [4.69, 9.17) is 13.9 Å². The van der Waals surface area contributed by atoms with E-state index in [2.05, 4.69) is 70.0 Å². The highest BCUT2D eigenvalue weighted by molar-refractivity contribution is 6.74. The number of rotatable bonds is 11. The van der Waals surface area contributed by atoms with Gasteiger partial charge in [0.2, 0.25) is 0 Å². The van der Waals surface area contributed by atoms with E-state index in [1.807, 2.05) is 13.8 Å². The number of allylic oxidation sites excluding steroid dienone is 1. The summed E-state index contributed by atoms with van der Waals surface area (Å²) in [6, 6.07) is 6.34. The van der Waals surface area contributed by atoms with Gasteiger partial charge in [-0.2, -0.15) is 0 Å². The summed E-state index contributed by atoms with van der Waals surface area (Å²) in [5, 5.41) is 0.0903.